The Labute approximate surface area is 131 Å². The Morgan fingerprint density at radius 3 is 2.38 bits per heavy atom. The van der Waals surface area contributed by atoms with Crippen LogP contribution in [0.2, 0.25) is 0 Å². The minimum Gasteiger partial charge on any atom is -0.341 e. The highest BCUT2D eigenvalue weighted by Gasteiger charge is 2.21. The molecule has 1 rings (SSSR count). The number of hydrogen-bond donors (Lipinski definition) is 1. The number of rotatable bonds is 8. The lowest BCUT2D eigenvalue weighted by Gasteiger charge is -2.28. The fourth-order valence-corrected chi connectivity index (χ4v) is 2.99. The first kappa shape index (κ1) is 18.5. The predicted molar refractivity (Wildman–Crippen MR) is 90.4 cm³/mol. The summed E-state index contributed by atoms with van der Waals surface area (Å²) in [7, 11) is 0. The van der Waals surface area contributed by atoms with E-state index in [-0.39, 0.29) is 5.41 Å². The molecule has 0 bridgehead atoms. The highest BCUT2D eigenvalue weighted by atomic mass is 16.2. The number of carbonyl (C=O) groups is 1. The molecule has 3 nitrogen and oxygen atoms in total. The minimum atomic E-state index is 0.0817. The van der Waals surface area contributed by atoms with E-state index in [1.54, 1.807) is 0 Å². The minimum absolute atomic E-state index is 0.0817. The van der Waals surface area contributed by atoms with Gasteiger partial charge in [0.2, 0.25) is 5.91 Å². The predicted octanol–water partition coefficient (Wildman–Crippen LogP) is 3.97. The van der Waals surface area contributed by atoms with E-state index in [4.69, 9.17) is 0 Å². The fraction of sp³-hybridized carbons (Fsp3) is 0.944. The van der Waals surface area contributed by atoms with Gasteiger partial charge in [0.05, 0.1) is 0 Å². The van der Waals surface area contributed by atoms with E-state index in [0.29, 0.717) is 18.4 Å². The molecule has 0 aromatic carbocycles. The third-order valence-corrected chi connectivity index (χ3v) is 4.24. The maximum absolute atomic E-state index is 12.4. The van der Waals surface area contributed by atoms with E-state index in [1.165, 1.54) is 32.1 Å². The number of amides is 1. The van der Waals surface area contributed by atoms with E-state index >= 15 is 0 Å². The third kappa shape index (κ3) is 8.45. The summed E-state index contributed by atoms with van der Waals surface area (Å²) in [5.74, 6) is 0.321. The first-order chi connectivity index (χ1) is 9.92. The summed E-state index contributed by atoms with van der Waals surface area (Å²) >= 11 is 0. The van der Waals surface area contributed by atoms with Gasteiger partial charge in [0.15, 0.2) is 0 Å². The van der Waals surface area contributed by atoms with Crippen LogP contribution in [0.25, 0.3) is 0 Å². The molecule has 1 aliphatic rings. The molecule has 0 saturated heterocycles. The molecule has 0 heterocycles. The van der Waals surface area contributed by atoms with E-state index in [9.17, 15) is 4.79 Å². The van der Waals surface area contributed by atoms with E-state index < -0.39 is 0 Å². The Bertz CT molecular complexity index is 290. The van der Waals surface area contributed by atoms with Gasteiger partial charge in [0.1, 0.15) is 0 Å². The maximum Gasteiger partial charge on any atom is 0.223 e. The van der Waals surface area contributed by atoms with Crippen molar-refractivity contribution in [3.05, 3.63) is 0 Å². The molecule has 0 atom stereocenters. The van der Waals surface area contributed by atoms with Crippen molar-refractivity contribution in [3.8, 4) is 0 Å². The van der Waals surface area contributed by atoms with Crippen LogP contribution in [0.15, 0.2) is 0 Å². The van der Waals surface area contributed by atoms with Crippen molar-refractivity contribution in [2.24, 2.45) is 5.41 Å². The van der Waals surface area contributed by atoms with Crippen molar-refractivity contribution >= 4 is 5.91 Å². The third-order valence-electron chi connectivity index (χ3n) is 4.24. The lowest BCUT2D eigenvalue weighted by atomic mass is 9.91. The van der Waals surface area contributed by atoms with Gasteiger partial charge >= 0.3 is 0 Å². The second-order valence-electron chi connectivity index (χ2n) is 7.76. The highest BCUT2D eigenvalue weighted by molar-refractivity contribution is 5.76. The van der Waals surface area contributed by atoms with Crippen LogP contribution in [0.4, 0.5) is 0 Å². The summed E-state index contributed by atoms with van der Waals surface area (Å²) < 4.78 is 0. The number of carbonyl (C=O) groups excluding carboxylic acids is 1. The normalized spacial score (nSPS) is 17.0. The van der Waals surface area contributed by atoms with Crippen LogP contribution in [0, 0.1) is 5.41 Å². The summed E-state index contributed by atoms with van der Waals surface area (Å²) in [5.41, 5.74) is 0.0817. The van der Waals surface area contributed by atoms with Crippen LogP contribution in [0.1, 0.15) is 79.1 Å². The molecule has 1 N–H and O–H groups in total. The molecule has 1 aliphatic carbocycles. The van der Waals surface area contributed by atoms with Gasteiger partial charge < -0.3 is 10.2 Å². The Hall–Kier alpha value is -0.570. The molecule has 0 unspecified atom stereocenters. The SMILES string of the molecule is CCCCN(CCNC1CCCCC1)C(=O)CC(C)(C)C. The molecule has 1 amide bonds. The molecule has 1 fully saturated rings. The van der Waals surface area contributed by atoms with Gasteiger partial charge in [-0.25, -0.2) is 0 Å². The van der Waals surface area contributed by atoms with Gasteiger partial charge in [-0.3, -0.25) is 4.79 Å². The Morgan fingerprint density at radius 1 is 1.14 bits per heavy atom. The first-order valence-corrected chi connectivity index (χ1v) is 8.93. The zero-order chi connectivity index (χ0) is 15.7. The molecule has 0 radical (unpaired) electrons. The van der Waals surface area contributed by atoms with Gasteiger partial charge in [-0.1, -0.05) is 53.4 Å². The van der Waals surface area contributed by atoms with Crippen LogP contribution in [-0.2, 0) is 4.79 Å². The molecule has 0 spiro atoms. The molecule has 0 aromatic heterocycles. The van der Waals surface area contributed by atoms with E-state index in [1.807, 2.05) is 0 Å². The number of nitrogens with zero attached hydrogens (tertiary/aromatic N) is 1. The summed E-state index contributed by atoms with van der Waals surface area (Å²) in [6, 6.07) is 0.685. The van der Waals surface area contributed by atoms with E-state index in [0.717, 1.165) is 32.5 Å². The lowest BCUT2D eigenvalue weighted by Crippen LogP contribution is -2.41. The molecule has 0 aliphatic heterocycles. The Morgan fingerprint density at radius 2 is 1.81 bits per heavy atom. The van der Waals surface area contributed by atoms with Gasteiger partial charge in [0, 0.05) is 32.1 Å². The Balaban J connectivity index is 2.35. The van der Waals surface area contributed by atoms with Crippen LogP contribution >= 0.6 is 0 Å². The van der Waals surface area contributed by atoms with Gasteiger partial charge in [-0.2, -0.15) is 0 Å². The quantitative estimate of drug-likeness (QED) is 0.735. The number of nitrogens with one attached hydrogen (secondary N) is 1. The summed E-state index contributed by atoms with van der Waals surface area (Å²) in [4.78, 5) is 14.5. The topological polar surface area (TPSA) is 32.3 Å². The van der Waals surface area contributed by atoms with Gasteiger partial charge in [-0.05, 0) is 24.7 Å². The average molecular weight is 296 g/mol. The van der Waals surface area contributed by atoms with Gasteiger partial charge in [0.25, 0.3) is 0 Å². The monoisotopic (exact) mass is 296 g/mol. The van der Waals surface area contributed by atoms with Crippen molar-refractivity contribution in [1.29, 1.82) is 0 Å². The lowest BCUT2D eigenvalue weighted by molar-refractivity contribution is -0.133. The maximum atomic E-state index is 12.4. The van der Waals surface area contributed by atoms with Crippen molar-refractivity contribution in [3.63, 3.8) is 0 Å². The van der Waals surface area contributed by atoms with Gasteiger partial charge in [-0.15, -0.1) is 0 Å². The largest absolute Gasteiger partial charge is 0.341 e. The van der Waals surface area contributed by atoms with Crippen molar-refractivity contribution in [2.45, 2.75) is 85.1 Å². The van der Waals surface area contributed by atoms with Crippen LogP contribution in [-0.4, -0.2) is 36.5 Å². The van der Waals surface area contributed by atoms with Crippen molar-refractivity contribution in [2.75, 3.05) is 19.6 Å². The Kier molecular flexibility index (Phi) is 8.31. The molecule has 124 valence electrons. The highest BCUT2D eigenvalue weighted by Crippen LogP contribution is 2.20. The summed E-state index contributed by atoms with van der Waals surface area (Å²) in [6.45, 7) is 11.3. The molecular weight excluding hydrogens is 260 g/mol. The molecule has 3 heteroatoms. The summed E-state index contributed by atoms with van der Waals surface area (Å²) in [6.07, 6.45) is 9.65. The molecular formula is C18H36N2O. The zero-order valence-corrected chi connectivity index (χ0v) is 14.7. The van der Waals surface area contributed by atoms with Crippen molar-refractivity contribution < 1.29 is 4.79 Å². The fourth-order valence-electron chi connectivity index (χ4n) is 2.99. The summed E-state index contributed by atoms with van der Waals surface area (Å²) in [5, 5.41) is 3.65. The standard InChI is InChI=1S/C18H36N2O/c1-5-6-13-20(17(21)15-18(2,3)4)14-12-19-16-10-8-7-9-11-16/h16,19H,5-15H2,1-4H3. The van der Waals surface area contributed by atoms with E-state index in [2.05, 4.69) is 37.9 Å². The smallest absolute Gasteiger partial charge is 0.223 e. The molecule has 1 saturated carbocycles. The second-order valence-corrected chi connectivity index (χ2v) is 7.76. The van der Waals surface area contributed by atoms with Crippen LogP contribution < -0.4 is 5.32 Å². The van der Waals surface area contributed by atoms with Crippen LogP contribution in [0.5, 0.6) is 0 Å². The second kappa shape index (κ2) is 9.45. The number of hydrogen-bond acceptors (Lipinski definition) is 2. The average Bonchev–Trinajstić information content (AvgIpc) is 2.41. The van der Waals surface area contributed by atoms with Crippen molar-refractivity contribution in [1.82, 2.24) is 10.2 Å². The first-order valence-electron chi connectivity index (χ1n) is 8.93. The van der Waals surface area contributed by atoms with Crippen LogP contribution in [0.3, 0.4) is 0 Å². The molecule has 21 heavy (non-hydrogen) atoms. The number of unbranched alkanes of at least 4 members (excludes halogenated alkanes) is 1. The molecule has 0 aromatic rings. The zero-order valence-electron chi connectivity index (χ0n) is 14.7.